The summed E-state index contributed by atoms with van der Waals surface area (Å²) in [6, 6.07) is 2.92. The maximum Gasteiger partial charge on any atom is 0.404 e. The molecule has 0 aromatic carbocycles. The molecule has 0 atom stereocenters. The van der Waals surface area contributed by atoms with E-state index in [0.717, 1.165) is 0 Å². The molecular weight excluding hydrogens is 256 g/mol. The van der Waals surface area contributed by atoms with Gasteiger partial charge >= 0.3 is 6.09 Å². The highest BCUT2D eigenvalue weighted by Crippen LogP contribution is 2.25. The minimum atomic E-state index is -1.17. The highest BCUT2D eigenvalue weighted by Gasteiger charge is 2.16. The number of hydrogen-bond acceptors (Lipinski definition) is 2. The van der Waals surface area contributed by atoms with Gasteiger partial charge in [0.15, 0.2) is 5.82 Å². The Labute approximate surface area is 107 Å². The molecule has 0 bridgehead atoms. The molecule has 0 saturated carbocycles. The Kier molecular flexibility index (Phi) is 3.74. The largest absolute Gasteiger partial charge is 0.465 e. The number of aromatic nitrogens is 2. The first-order chi connectivity index (χ1) is 9.09. The second-order valence-corrected chi connectivity index (χ2v) is 3.83. The minimum Gasteiger partial charge on any atom is -0.465 e. The fourth-order valence-electron chi connectivity index (χ4n) is 1.70. The molecule has 19 heavy (non-hydrogen) atoms. The van der Waals surface area contributed by atoms with Crippen LogP contribution in [0.15, 0.2) is 24.5 Å². The van der Waals surface area contributed by atoms with Crippen molar-refractivity contribution in [3.8, 4) is 11.3 Å². The lowest BCUT2D eigenvalue weighted by Gasteiger charge is -2.01. The van der Waals surface area contributed by atoms with Crippen LogP contribution in [0.2, 0.25) is 0 Å². The van der Waals surface area contributed by atoms with Crippen molar-refractivity contribution in [2.75, 3.05) is 6.54 Å². The van der Waals surface area contributed by atoms with E-state index < -0.39 is 17.9 Å². The van der Waals surface area contributed by atoms with Gasteiger partial charge in [0.1, 0.15) is 0 Å². The van der Waals surface area contributed by atoms with E-state index in [4.69, 9.17) is 5.11 Å². The van der Waals surface area contributed by atoms with Crippen LogP contribution in [-0.4, -0.2) is 27.7 Å². The van der Waals surface area contributed by atoms with Gasteiger partial charge < -0.3 is 15.4 Å². The van der Waals surface area contributed by atoms with Crippen molar-refractivity contribution in [2.45, 2.75) is 6.42 Å². The van der Waals surface area contributed by atoms with E-state index in [2.05, 4.69) is 15.3 Å². The third-order valence-electron chi connectivity index (χ3n) is 2.59. The van der Waals surface area contributed by atoms with Crippen LogP contribution in [0.25, 0.3) is 11.3 Å². The van der Waals surface area contributed by atoms with E-state index in [1.54, 1.807) is 0 Å². The summed E-state index contributed by atoms with van der Waals surface area (Å²) in [7, 11) is 0. The van der Waals surface area contributed by atoms with Gasteiger partial charge in [0.05, 0.1) is 11.3 Å². The first-order valence-corrected chi connectivity index (χ1v) is 5.53. The first-order valence-electron chi connectivity index (χ1n) is 5.53. The van der Waals surface area contributed by atoms with E-state index in [1.165, 1.54) is 24.5 Å². The van der Waals surface area contributed by atoms with Crippen LogP contribution in [0.4, 0.5) is 13.6 Å². The van der Waals surface area contributed by atoms with Crippen LogP contribution >= 0.6 is 0 Å². The van der Waals surface area contributed by atoms with E-state index in [0.29, 0.717) is 0 Å². The van der Waals surface area contributed by atoms with Crippen LogP contribution in [0.3, 0.4) is 0 Å². The summed E-state index contributed by atoms with van der Waals surface area (Å²) in [4.78, 5) is 16.4. The summed E-state index contributed by atoms with van der Waals surface area (Å²) < 4.78 is 27.5. The number of halogens is 2. The Balaban J connectivity index is 2.19. The molecule has 100 valence electrons. The van der Waals surface area contributed by atoms with Gasteiger partial charge in [-0.15, -0.1) is 0 Å². The van der Waals surface area contributed by atoms with Gasteiger partial charge in [-0.05, 0) is 18.6 Å². The molecule has 2 heterocycles. The SMILES string of the molecule is O=C(O)NCCc1c[nH]c(-c2cccnc2F)c1F. The number of amides is 1. The average Bonchev–Trinajstić information content (AvgIpc) is 2.72. The zero-order valence-electron chi connectivity index (χ0n) is 9.78. The van der Waals surface area contributed by atoms with Crippen molar-refractivity contribution < 1.29 is 18.7 Å². The van der Waals surface area contributed by atoms with Gasteiger partial charge in [-0.3, -0.25) is 0 Å². The molecule has 2 rings (SSSR count). The van der Waals surface area contributed by atoms with E-state index in [1.807, 2.05) is 0 Å². The topological polar surface area (TPSA) is 78.0 Å². The Hall–Kier alpha value is -2.44. The molecule has 2 aromatic heterocycles. The third kappa shape index (κ3) is 2.87. The van der Waals surface area contributed by atoms with Crippen molar-refractivity contribution >= 4 is 6.09 Å². The van der Waals surface area contributed by atoms with E-state index >= 15 is 0 Å². The number of nitrogens with one attached hydrogen (secondary N) is 2. The monoisotopic (exact) mass is 267 g/mol. The fourth-order valence-corrected chi connectivity index (χ4v) is 1.70. The molecule has 0 fully saturated rings. The zero-order chi connectivity index (χ0) is 13.8. The van der Waals surface area contributed by atoms with E-state index in [9.17, 15) is 13.6 Å². The summed E-state index contributed by atoms with van der Waals surface area (Å²) in [5.41, 5.74) is 0.334. The second-order valence-electron chi connectivity index (χ2n) is 3.83. The quantitative estimate of drug-likeness (QED) is 0.743. The van der Waals surface area contributed by atoms with Crippen LogP contribution in [0, 0.1) is 11.8 Å². The van der Waals surface area contributed by atoms with Crippen molar-refractivity contribution in [3.63, 3.8) is 0 Å². The molecule has 0 spiro atoms. The van der Waals surface area contributed by atoms with Crippen molar-refractivity contribution in [1.29, 1.82) is 0 Å². The number of carboxylic acid groups (broad SMARTS) is 1. The Bertz CT molecular complexity index is 598. The molecule has 1 amide bonds. The summed E-state index contributed by atoms with van der Waals surface area (Å²) >= 11 is 0. The van der Waals surface area contributed by atoms with Gasteiger partial charge in [0.25, 0.3) is 0 Å². The number of pyridine rings is 1. The van der Waals surface area contributed by atoms with Crippen molar-refractivity contribution in [3.05, 3.63) is 41.9 Å². The van der Waals surface area contributed by atoms with Crippen molar-refractivity contribution in [2.24, 2.45) is 0 Å². The normalized spacial score (nSPS) is 10.4. The predicted octanol–water partition coefficient (Wildman–Crippen LogP) is 2.17. The summed E-state index contributed by atoms with van der Waals surface area (Å²) in [5.74, 6) is -1.36. The zero-order valence-corrected chi connectivity index (χ0v) is 9.78. The predicted molar refractivity (Wildman–Crippen MR) is 63.7 cm³/mol. The fraction of sp³-hybridized carbons (Fsp3) is 0.167. The lowest BCUT2D eigenvalue weighted by atomic mass is 10.1. The number of carbonyl (C=O) groups is 1. The Morgan fingerprint density at radius 2 is 2.26 bits per heavy atom. The van der Waals surface area contributed by atoms with Crippen LogP contribution in [0.1, 0.15) is 5.56 Å². The Morgan fingerprint density at radius 3 is 2.95 bits per heavy atom. The maximum absolute atomic E-state index is 14.0. The van der Waals surface area contributed by atoms with Crippen LogP contribution in [-0.2, 0) is 6.42 Å². The van der Waals surface area contributed by atoms with E-state index in [-0.39, 0.29) is 29.8 Å². The second kappa shape index (κ2) is 5.47. The molecular formula is C12H11F2N3O2. The number of nitrogens with zero attached hydrogens (tertiary/aromatic N) is 1. The number of rotatable bonds is 4. The lowest BCUT2D eigenvalue weighted by molar-refractivity contribution is 0.194. The molecule has 0 aliphatic heterocycles. The first kappa shape index (κ1) is 13.0. The van der Waals surface area contributed by atoms with Gasteiger partial charge in [-0.25, -0.2) is 14.2 Å². The number of hydrogen-bond donors (Lipinski definition) is 3. The highest BCUT2D eigenvalue weighted by molar-refractivity contribution is 5.64. The Morgan fingerprint density at radius 1 is 1.47 bits per heavy atom. The summed E-state index contributed by atoms with van der Waals surface area (Å²) in [6.45, 7) is 0.0824. The minimum absolute atomic E-state index is 0.0101. The van der Waals surface area contributed by atoms with Crippen molar-refractivity contribution in [1.82, 2.24) is 15.3 Å². The number of H-pyrrole nitrogens is 1. The maximum atomic E-state index is 14.0. The van der Waals surface area contributed by atoms with Crippen LogP contribution in [0.5, 0.6) is 0 Å². The molecule has 0 aliphatic rings. The summed E-state index contributed by atoms with van der Waals surface area (Å²) in [6.07, 6.45) is 1.67. The van der Waals surface area contributed by atoms with Gasteiger partial charge in [-0.1, -0.05) is 0 Å². The smallest absolute Gasteiger partial charge is 0.404 e. The lowest BCUT2D eigenvalue weighted by Crippen LogP contribution is -2.23. The molecule has 2 aromatic rings. The molecule has 7 heteroatoms. The standard InChI is InChI=1S/C12H11F2N3O2/c13-9-7(3-5-16-12(18)19)6-17-10(9)8-2-1-4-15-11(8)14/h1-2,4,6,16-17H,3,5H2,(H,18,19). The highest BCUT2D eigenvalue weighted by atomic mass is 19.1. The molecule has 0 unspecified atom stereocenters. The molecule has 0 saturated heterocycles. The van der Waals surface area contributed by atoms with Gasteiger partial charge in [0.2, 0.25) is 5.95 Å². The molecule has 5 nitrogen and oxygen atoms in total. The van der Waals surface area contributed by atoms with Gasteiger partial charge in [-0.2, -0.15) is 4.39 Å². The molecule has 0 radical (unpaired) electrons. The number of aromatic amines is 1. The molecule has 0 aliphatic carbocycles. The summed E-state index contributed by atoms with van der Waals surface area (Å²) in [5, 5.41) is 10.5. The third-order valence-corrected chi connectivity index (χ3v) is 2.59. The molecule has 3 N–H and O–H groups in total. The van der Waals surface area contributed by atoms with Crippen LogP contribution < -0.4 is 5.32 Å². The van der Waals surface area contributed by atoms with Gasteiger partial charge in [0, 0.05) is 24.5 Å². The average molecular weight is 267 g/mol.